The molecule has 0 aliphatic carbocycles. The van der Waals surface area contributed by atoms with E-state index >= 15 is 0 Å². The Hall–Kier alpha value is -2.92. The van der Waals surface area contributed by atoms with E-state index in [1.165, 1.54) is 28.1 Å². The summed E-state index contributed by atoms with van der Waals surface area (Å²) >= 11 is 1.67. The number of thiophene rings is 1. The zero-order valence-electron chi connectivity index (χ0n) is 14.7. The van der Waals surface area contributed by atoms with Gasteiger partial charge >= 0.3 is 0 Å². The van der Waals surface area contributed by atoms with E-state index in [2.05, 4.69) is 25.1 Å². The summed E-state index contributed by atoms with van der Waals surface area (Å²) in [6.07, 6.45) is 2.19. The molecule has 0 spiro atoms. The molecule has 0 saturated carbocycles. The van der Waals surface area contributed by atoms with Gasteiger partial charge in [-0.25, -0.2) is 4.39 Å². The van der Waals surface area contributed by atoms with Gasteiger partial charge < -0.3 is 9.47 Å². The van der Waals surface area contributed by atoms with Crippen LogP contribution in [-0.4, -0.2) is 12.9 Å². The largest absolute Gasteiger partial charge is 0.488 e. The lowest BCUT2D eigenvalue weighted by Crippen LogP contribution is -2.09. The number of halogens is 1. The number of aldehydes is 1. The molecule has 1 aromatic heterocycles. The van der Waals surface area contributed by atoms with Crippen LogP contribution in [0.2, 0.25) is 0 Å². The Morgan fingerprint density at radius 1 is 1.22 bits per heavy atom. The third kappa shape index (κ3) is 3.64. The summed E-state index contributed by atoms with van der Waals surface area (Å²) < 4.78 is 25.6. The molecule has 4 rings (SSSR count). The fourth-order valence-corrected chi connectivity index (χ4v) is 4.02. The van der Waals surface area contributed by atoms with E-state index in [0.717, 1.165) is 4.88 Å². The maximum atomic E-state index is 14.3. The molecule has 2 aromatic carbocycles. The maximum Gasteiger partial charge on any atom is 0.149 e. The van der Waals surface area contributed by atoms with Gasteiger partial charge in [0.1, 0.15) is 36.8 Å². The number of rotatable bonds is 5. The Kier molecular flexibility index (Phi) is 4.77. The summed E-state index contributed by atoms with van der Waals surface area (Å²) in [5, 5.41) is 0. The molecule has 0 fully saturated rings. The first kappa shape index (κ1) is 17.5. The van der Waals surface area contributed by atoms with Crippen LogP contribution < -0.4 is 9.47 Å². The zero-order valence-corrected chi connectivity index (χ0v) is 15.5. The van der Waals surface area contributed by atoms with Crippen molar-refractivity contribution in [2.75, 3.05) is 6.61 Å². The van der Waals surface area contributed by atoms with Crippen molar-refractivity contribution in [3.05, 3.63) is 75.2 Å². The van der Waals surface area contributed by atoms with Crippen molar-refractivity contribution < 1.29 is 18.7 Å². The molecule has 0 unspecified atom stereocenters. The topological polar surface area (TPSA) is 35.5 Å². The number of carbonyl (C=O) groups is 1. The fraction of sp³-hybridized carbons (Fsp3) is 0.136. The summed E-state index contributed by atoms with van der Waals surface area (Å²) in [6, 6.07) is 15.3. The minimum atomic E-state index is -0.464. The van der Waals surface area contributed by atoms with Gasteiger partial charge in [0.05, 0.1) is 5.56 Å². The SMILES string of the molecule is Cc1sc(COc2cc(F)c3c(c2)OCC(C=O)=C3)cc1-c1ccccc1. The molecular formula is C22H17FO3S. The van der Waals surface area contributed by atoms with Crippen LogP contribution in [0.25, 0.3) is 17.2 Å². The van der Waals surface area contributed by atoms with E-state index < -0.39 is 5.82 Å². The fourth-order valence-electron chi connectivity index (χ4n) is 3.04. The normalized spacial score (nSPS) is 12.7. The number of aryl methyl sites for hydroxylation is 1. The highest BCUT2D eigenvalue weighted by Gasteiger charge is 2.17. The van der Waals surface area contributed by atoms with Gasteiger partial charge in [-0.2, -0.15) is 0 Å². The average Bonchev–Trinajstić information content (AvgIpc) is 3.07. The third-order valence-electron chi connectivity index (χ3n) is 4.38. The van der Waals surface area contributed by atoms with Gasteiger partial charge in [-0.15, -0.1) is 11.3 Å². The molecule has 0 amide bonds. The number of benzene rings is 2. The summed E-state index contributed by atoms with van der Waals surface area (Å²) in [5.41, 5.74) is 3.06. The quantitative estimate of drug-likeness (QED) is 0.555. The summed E-state index contributed by atoms with van der Waals surface area (Å²) in [4.78, 5) is 13.1. The van der Waals surface area contributed by atoms with Gasteiger partial charge in [-0.3, -0.25) is 4.79 Å². The van der Waals surface area contributed by atoms with Crippen molar-refractivity contribution in [2.24, 2.45) is 0 Å². The molecule has 136 valence electrons. The molecular weight excluding hydrogens is 363 g/mol. The van der Waals surface area contributed by atoms with Gasteiger partial charge in [-0.05, 0) is 30.2 Å². The molecule has 27 heavy (non-hydrogen) atoms. The molecule has 0 N–H and O–H groups in total. The van der Waals surface area contributed by atoms with Crippen LogP contribution in [0.4, 0.5) is 4.39 Å². The lowest BCUT2D eigenvalue weighted by molar-refractivity contribution is -0.105. The molecule has 1 aliphatic heterocycles. The van der Waals surface area contributed by atoms with E-state index in [0.29, 0.717) is 30.0 Å². The molecule has 2 heterocycles. The Morgan fingerprint density at radius 3 is 2.81 bits per heavy atom. The Bertz CT molecular complexity index is 1020. The van der Waals surface area contributed by atoms with Gasteiger partial charge in [0, 0.05) is 27.5 Å². The van der Waals surface area contributed by atoms with E-state index in [1.54, 1.807) is 17.4 Å². The van der Waals surface area contributed by atoms with Crippen molar-refractivity contribution in [2.45, 2.75) is 13.5 Å². The molecule has 3 nitrogen and oxygen atoms in total. The van der Waals surface area contributed by atoms with Crippen molar-refractivity contribution in [3.63, 3.8) is 0 Å². The molecule has 0 bridgehead atoms. The third-order valence-corrected chi connectivity index (χ3v) is 5.40. The van der Waals surface area contributed by atoms with Crippen molar-refractivity contribution >= 4 is 23.7 Å². The van der Waals surface area contributed by atoms with Crippen LogP contribution in [-0.2, 0) is 11.4 Å². The number of ether oxygens (including phenoxy) is 2. The lowest BCUT2D eigenvalue weighted by atomic mass is 10.1. The van der Waals surface area contributed by atoms with Crippen LogP contribution >= 0.6 is 11.3 Å². The minimum Gasteiger partial charge on any atom is -0.488 e. The lowest BCUT2D eigenvalue weighted by Gasteiger charge is -2.17. The van der Waals surface area contributed by atoms with E-state index in [4.69, 9.17) is 9.47 Å². The van der Waals surface area contributed by atoms with Crippen LogP contribution in [0.5, 0.6) is 11.5 Å². The second kappa shape index (κ2) is 7.37. The highest BCUT2D eigenvalue weighted by atomic mass is 32.1. The number of carbonyl (C=O) groups excluding carboxylic acids is 1. The average molecular weight is 380 g/mol. The van der Waals surface area contributed by atoms with Crippen LogP contribution in [0, 0.1) is 12.7 Å². The summed E-state index contributed by atoms with van der Waals surface area (Å²) in [5.74, 6) is 0.332. The van der Waals surface area contributed by atoms with Gasteiger partial charge in [0.15, 0.2) is 0 Å². The van der Waals surface area contributed by atoms with Crippen molar-refractivity contribution in [1.82, 2.24) is 0 Å². The molecule has 0 saturated heterocycles. The van der Waals surface area contributed by atoms with Gasteiger partial charge in [0.25, 0.3) is 0 Å². The number of fused-ring (bicyclic) bond motifs is 1. The Labute approximate surface area is 160 Å². The smallest absolute Gasteiger partial charge is 0.149 e. The Morgan fingerprint density at radius 2 is 2.04 bits per heavy atom. The molecule has 0 atom stereocenters. The predicted octanol–water partition coefficient (Wildman–Crippen LogP) is 5.42. The predicted molar refractivity (Wildman–Crippen MR) is 105 cm³/mol. The summed E-state index contributed by atoms with van der Waals surface area (Å²) in [7, 11) is 0. The first-order valence-corrected chi connectivity index (χ1v) is 9.35. The Balaban J connectivity index is 1.53. The van der Waals surface area contributed by atoms with Crippen molar-refractivity contribution in [1.29, 1.82) is 0 Å². The minimum absolute atomic E-state index is 0.143. The molecule has 5 heteroatoms. The van der Waals surface area contributed by atoms with E-state index in [9.17, 15) is 9.18 Å². The first-order chi connectivity index (χ1) is 13.1. The molecule has 0 radical (unpaired) electrons. The molecule has 3 aromatic rings. The number of hydrogen-bond donors (Lipinski definition) is 0. The zero-order chi connectivity index (χ0) is 18.8. The van der Waals surface area contributed by atoms with E-state index in [1.807, 2.05) is 18.2 Å². The van der Waals surface area contributed by atoms with Crippen LogP contribution in [0.15, 0.2) is 54.1 Å². The second-order valence-corrected chi connectivity index (χ2v) is 7.62. The van der Waals surface area contributed by atoms with Gasteiger partial charge in [0.2, 0.25) is 0 Å². The van der Waals surface area contributed by atoms with E-state index in [-0.39, 0.29) is 12.2 Å². The molecule has 1 aliphatic rings. The highest BCUT2D eigenvalue weighted by molar-refractivity contribution is 7.12. The second-order valence-electron chi connectivity index (χ2n) is 6.28. The van der Waals surface area contributed by atoms with Gasteiger partial charge in [-0.1, -0.05) is 30.3 Å². The standard InChI is InChI=1S/C22H17FO3S/c1-14-19(16-5-3-2-4-6-16)10-18(27-14)13-25-17-8-21(23)20-7-15(11-24)12-26-22(20)9-17/h2-11H,12-13H2,1H3. The monoisotopic (exact) mass is 380 g/mol. The van der Waals surface area contributed by atoms with Crippen LogP contribution in [0.3, 0.4) is 0 Å². The first-order valence-electron chi connectivity index (χ1n) is 8.53. The van der Waals surface area contributed by atoms with Crippen LogP contribution in [0.1, 0.15) is 15.3 Å². The van der Waals surface area contributed by atoms with Crippen molar-refractivity contribution in [3.8, 4) is 22.6 Å². The highest BCUT2D eigenvalue weighted by Crippen LogP contribution is 2.34. The number of hydrogen-bond acceptors (Lipinski definition) is 4. The summed E-state index contributed by atoms with van der Waals surface area (Å²) in [6.45, 7) is 2.58. The maximum absolute atomic E-state index is 14.3.